The Morgan fingerprint density at radius 3 is 2.81 bits per heavy atom. The summed E-state index contributed by atoms with van der Waals surface area (Å²) in [6.07, 6.45) is 3.68. The fourth-order valence-corrected chi connectivity index (χ4v) is 3.12. The van der Waals surface area contributed by atoms with Gasteiger partial charge in [-0.2, -0.15) is 0 Å². The molecule has 4 aromatic rings. The van der Waals surface area contributed by atoms with Crippen molar-refractivity contribution >= 4 is 22.4 Å². The summed E-state index contributed by atoms with van der Waals surface area (Å²) in [5.74, 6) is -0.238. The van der Waals surface area contributed by atoms with Crippen LogP contribution in [0.5, 0.6) is 0 Å². The molecule has 0 unspecified atom stereocenters. The normalized spacial score (nSPS) is 11.1. The second-order valence-electron chi connectivity index (χ2n) is 4.65. The van der Waals surface area contributed by atoms with Gasteiger partial charge in [0, 0.05) is 34.3 Å². The Balaban J connectivity index is 1.79. The van der Waals surface area contributed by atoms with E-state index in [4.69, 9.17) is 0 Å². The first-order chi connectivity index (χ1) is 10.3. The van der Waals surface area contributed by atoms with E-state index in [0.717, 1.165) is 32.9 Å². The van der Waals surface area contributed by atoms with Gasteiger partial charge in [0.1, 0.15) is 16.5 Å². The number of H-pyrrole nitrogens is 1. The summed E-state index contributed by atoms with van der Waals surface area (Å²) in [5.41, 5.74) is 3.70. The van der Waals surface area contributed by atoms with E-state index in [1.54, 1.807) is 29.7 Å². The molecule has 0 aliphatic rings. The molecule has 0 radical (unpaired) electrons. The highest BCUT2D eigenvalue weighted by molar-refractivity contribution is 7.13. The van der Waals surface area contributed by atoms with Crippen molar-refractivity contribution in [3.63, 3.8) is 0 Å². The van der Waals surface area contributed by atoms with Gasteiger partial charge >= 0.3 is 0 Å². The van der Waals surface area contributed by atoms with Crippen molar-refractivity contribution in [1.82, 2.24) is 15.0 Å². The van der Waals surface area contributed by atoms with Gasteiger partial charge in [0.2, 0.25) is 0 Å². The quantitative estimate of drug-likeness (QED) is 0.592. The lowest BCUT2D eigenvalue weighted by molar-refractivity contribution is 0.628. The van der Waals surface area contributed by atoms with Gasteiger partial charge in [0.15, 0.2) is 0 Å². The highest BCUT2D eigenvalue weighted by Gasteiger charge is 2.11. The molecule has 0 saturated heterocycles. The lowest BCUT2D eigenvalue weighted by atomic mass is 10.2. The molecule has 0 saturated carbocycles. The molecule has 3 heterocycles. The molecular weight excluding hydrogens is 285 g/mol. The molecule has 1 N–H and O–H groups in total. The first kappa shape index (κ1) is 12.2. The number of hydrogen-bond acceptors (Lipinski definition) is 3. The standard InChI is InChI=1S/C16H10FN3S/c17-11-5-3-10(4-6-11)16-20-14(9-21-16)13-8-19-15-12(13)2-1-7-18-15/h1-9H,(H,18,19). The molecule has 3 aromatic heterocycles. The molecule has 0 atom stereocenters. The van der Waals surface area contributed by atoms with Crippen molar-refractivity contribution in [1.29, 1.82) is 0 Å². The van der Waals surface area contributed by atoms with Crippen LogP contribution >= 0.6 is 11.3 Å². The average molecular weight is 295 g/mol. The Bertz CT molecular complexity index is 909. The molecular formula is C16H10FN3S. The first-order valence-electron chi connectivity index (χ1n) is 6.45. The summed E-state index contributed by atoms with van der Waals surface area (Å²) >= 11 is 1.55. The Kier molecular flexibility index (Phi) is 2.79. The number of fused-ring (bicyclic) bond motifs is 1. The number of halogens is 1. The Hall–Kier alpha value is -2.53. The van der Waals surface area contributed by atoms with Crippen LogP contribution in [0.1, 0.15) is 0 Å². The minimum Gasteiger partial charge on any atom is -0.345 e. The Labute approximate surface area is 124 Å². The molecule has 102 valence electrons. The number of benzene rings is 1. The lowest BCUT2D eigenvalue weighted by Gasteiger charge is -1.96. The molecule has 5 heteroatoms. The number of thiazole rings is 1. The van der Waals surface area contributed by atoms with E-state index in [0.29, 0.717) is 0 Å². The molecule has 0 bridgehead atoms. The van der Waals surface area contributed by atoms with Crippen LogP contribution in [-0.2, 0) is 0 Å². The SMILES string of the molecule is Fc1ccc(-c2nc(-c3c[nH]c4ncccc34)cs2)cc1. The van der Waals surface area contributed by atoms with Crippen LogP contribution in [0.15, 0.2) is 54.2 Å². The van der Waals surface area contributed by atoms with Crippen molar-refractivity contribution in [2.24, 2.45) is 0 Å². The third kappa shape index (κ3) is 2.11. The predicted molar refractivity (Wildman–Crippen MR) is 82.6 cm³/mol. The monoisotopic (exact) mass is 295 g/mol. The largest absolute Gasteiger partial charge is 0.345 e. The zero-order chi connectivity index (χ0) is 14.2. The third-order valence-electron chi connectivity index (χ3n) is 3.32. The summed E-state index contributed by atoms with van der Waals surface area (Å²) in [7, 11) is 0. The number of pyridine rings is 1. The van der Waals surface area contributed by atoms with Crippen molar-refractivity contribution in [3.05, 3.63) is 60.0 Å². The van der Waals surface area contributed by atoms with Crippen molar-refractivity contribution in [2.75, 3.05) is 0 Å². The van der Waals surface area contributed by atoms with Gasteiger partial charge < -0.3 is 4.98 Å². The molecule has 0 aliphatic heterocycles. The van der Waals surface area contributed by atoms with E-state index < -0.39 is 0 Å². The topological polar surface area (TPSA) is 41.6 Å². The molecule has 1 aromatic carbocycles. The zero-order valence-corrected chi connectivity index (χ0v) is 11.7. The van der Waals surface area contributed by atoms with Gasteiger partial charge in [-0.3, -0.25) is 0 Å². The highest BCUT2D eigenvalue weighted by atomic mass is 32.1. The molecule has 3 nitrogen and oxygen atoms in total. The van der Waals surface area contributed by atoms with Crippen LogP contribution < -0.4 is 0 Å². The molecule has 0 spiro atoms. The van der Waals surface area contributed by atoms with Crippen molar-refractivity contribution in [3.8, 4) is 21.8 Å². The van der Waals surface area contributed by atoms with E-state index in [1.165, 1.54) is 12.1 Å². The van der Waals surface area contributed by atoms with Gasteiger partial charge in [0.05, 0.1) is 5.69 Å². The second-order valence-corrected chi connectivity index (χ2v) is 5.50. The molecule has 4 rings (SSSR count). The fraction of sp³-hybridized carbons (Fsp3) is 0. The van der Waals surface area contributed by atoms with E-state index >= 15 is 0 Å². The van der Waals surface area contributed by atoms with E-state index in [1.807, 2.05) is 23.7 Å². The van der Waals surface area contributed by atoms with Crippen LogP contribution in [0.3, 0.4) is 0 Å². The van der Waals surface area contributed by atoms with Crippen LogP contribution in [0.2, 0.25) is 0 Å². The number of rotatable bonds is 2. The minimum atomic E-state index is -0.238. The predicted octanol–water partition coefficient (Wildman–Crippen LogP) is 4.49. The van der Waals surface area contributed by atoms with Crippen LogP contribution in [-0.4, -0.2) is 15.0 Å². The minimum absolute atomic E-state index is 0.238. The smallest absolute Gasteiger partial charge is 0.137 e. The molecule has 0 aliphatic carbocycles. The summed E-state index contributed by atoms with van der Waals surface area (Å²) < 4.78 is 13.0. The van der Waals surface area contributed by atoms with Gasteiger partial charge in [0.25, 0.3) is 0 Å². The summed E-state index contributed by atoms with van der Waals surface area (Å²) in [6.45, 7) is 0. The van der Waals surface area contributed by atoms with E-state index in [2.05, 4.69) is 15.0 Å². The number of aromatic amines is 1. The Morgan fingerprint density at radius 1 is 1.10 bits per heavy atom. The third-order valence-corrected chi connectivity index (χ3v) is 4.21. The molecule has 21 heavy (non-hydrogen) atoms. The maximum absolute atomic E-state index is 13.0. The van der Waals surface area contributed by atoms with E-state index in [9.17, 15) is 4.39 Å². The van der Waals surface area contributed by atoms with Crippen LogP contribution in [0, 0.1) is 5.82 Å². The maximum Gasteiger partial charge on any atom is 0.137 e. The first-order valence-corrected chi connectivity index (χ1v) is 7.33. The fourth-order valence-electron chi connectivity index (χ4n) is 2.29. The second kappa shape index (κ2) is 4.79. The average Bonchev–Trinajstić information content (AvgIpc) is 3.14. The maximum atomic E-state index is 13.0. The molecule has 0 fully saturated rings. The van der Waals surface area contributed by atoms with Crippen LogP contribution in [0.4, 0.5) is 4.39 Å². The summed E-state index contributed by atoms with van der Waals surface area (Å²) in [5, 5.41) is 3.94. The number of aromatic nitrogens is 3. The number of hydrogen-bond donors (Lipinski definition) is 1. The van der Waals surface area contributed by atoms with Crippen LogP contribution in [0.25, 0.3) is 32.9 Å². The van der Waals surface area contributed by atoms with Gasteiger partial charge in [-0.15, -0.1) is 11.3 Å². The Morgan fingerprint density at radius 2 is 1.95 bits per heavy atom. The number of nitrogens with one attached hydrogen (secondary N) is 1. The summed E-state index contributed by atoms with van der Waals surface area (Å²) in [4.78, 5) is 12.1. The van der Waals surface area contributed by atoms with Gasteiger partial charge in [-0.1, -0.05) is 0 Å². The summed E-state index contributed by atoms with van der Waals surface area (Å²) in [6, 6.07) is 10.3. The van der Waals surface area contributed by atoms with E-state index in [-0.39, 0.29) is 5.82 Å². The van der Waals surface area contributed by atoms with Crippen molar-refractivity contribution in [2.45, 2.75) is 0 Å². The van der Waals surface area contributed by atoms with Gasteiger partial charge in [-0.25, -0.2) is 14.4 Å². The van der Waals surface area contributed by atoms with Gasteiger partial charge in [-0.05, 0) is 36.4 Å². The number of nitrogens with zero attached hydrogens (tertiary/aromatic N) is 2. The molecule has 0 amide bonds. The zero-order valence-electron chi connectivity index (χ0n) is 10.9. The lowest BCUT2D eigenvalue weighted by Crippen LogP contribution is -1.80. The van der Waals surface area contributed by atoms with Crippen molar-refractivity contribution < 1.29 is 4.39 Å². The highest BCUT2D eigenvalue weighted by Crippen LogP contribution is 2.32.